The van der Waals surface area contributed by atoms with E-state index in [0.717, 1.165) is 5.56 Å². The van der Waals surface area contributed by atoms with Crippen molar-refractivity contribution < 1.29 is 8.42 Å². The van der Waals surface area contributed by atoms with Crippen molar-refractivity contribution in [3.8, 4) is 11.4 Å². The summed E-state index contributed by atoms with van der Waals surface area (Å²) in [5.74, 6) is 1.03. The lowest BCUT2D eigenvalue weighted by Gasteiger charge is -2.09. The summed E-state index contributed by atoms with van der Waals surface area (Å²) < 4.78 is 24.6. The van der Waals surface area contributed by atoms with Crippen molar-refractivity contribution in [1.29, 1.82) is 0 Å². The molecule has 2 aromatic rings. The summed E-state index contributed by atoms with van der Waals surface area (Å²) in [6.07, 6.45) is 0.643. The molecule has 1 saturated heterocycles. The number of tetrazole rings is 1. The molecule has 2 N–H and O–H groups in total. The van der Waals surface area contributed by atoms with Crippen LogP contribution in [0.15, 0.2) is 18.2 Å². The van der Waals surface area contributed by atoms with Gasteiger partial charge in [-0.1, -0.05) is 11.6 Å². The van der Waals surface area contributed by atoms with Gasteiger partial charge in [-0.25, -0.2) is 13.1 Å². The van der Waals surface area contributed by atoms with Crippen LogP contribution in [-0.4, -0.2) is 40.1 Å². The lowest BCUT2D eigenvalue weighted by Crippen LogP contribution is -2.14. The Labute approximate surface area is 127 Å². The van der Waals surface area contributed by atoms with Crippen LogP contribution in [0.2, 0.25) is 5.02 Å². The maximum absolute atomic E-state index is 11.5. The van der Waals surface area contributed by atoms with E-state index >= 15 is 0 Å². The molecule has 1 aliphatic heterocycles. The smallest absolute Gasteiger partial charge is 0.182 e. The minimum absolute atomic E-state index is 0.0431. The van der Waals surface area contributed by atoms with Crippen molar-refractivity contribution in [3.05, 3.63) is 23.2 Å². The van der Waals surface area contributed by atoms with E-state index in [1.165, 1.54) is 0 Å². The van der Waals surface area contributed by atoms with Crippen molar-refractivity contribution in [2.45, 2.75) is 13.0 Å². The van der Waals surface area contributed by atoms with Crippen molar-refractivity contribution in [3.63, 3.8) is 0 Å². The van der Waals surface area contributed by atoms with Crippen LogP contribution in [0.4, 0.5) is 5.69 Å². The average molecular weight is 328 g/mol. The number of rotatable bonds is 3. The molecular formula is C12H14ClN5O2S. The van der Waals surface area contributed by atoms with Gasteiger partial charge in [-0.05, 0) is 41.0 Å². The molecule has 0 spiro atoms. The highest BCUT2D eigenvalue weighted by atomic mass is 35.5. The lowest BCUT2D eigenvalue weighted by atomic mass is 10.1. The first-order valence-electron chi connectivity index (χ1n) is 6.46. The topological polar surface area (TPSA) is 104 Å². The number of halogens is 1. The van der Waals surface area contributed by atoms with Crippen LogP contribution >= 0.6 is 11.6 Å². The highest BCUT2D eigenvalue weighted by Crippen LogP contribution is 2.27. The summed E-state index contributed by atoms with van der Waals surface area (Å²) in [6.45, 7) is 0.476. The van der Waals surface area contributed by atoms with E-state index in [9.17, 15) is 8.42 Å². The highest BCUT2D eigenvalue weighted by Gasteiger charge is 2.29. The Hall–Kier alpha value is -1.67. The fraction of sp³-hybridized carbons (Fsp3) is 0.417. The van der Waals surface area contributed by atoms with E-state index in [4.69, 9.17) is 17.3 Å². The van der Waals surface area contributed by atoms with E-state index in [1.807, 2.05) is 0 Å². The number of nitrogens with zero attached hydrogens (tertiary/aromatic N) is 4. The van der Waals surface area contributed by atoms with Gasteiger partial charge in [0.25, 0.3) is 0 Å². The summed E-state index contributed by atoms with van der Waals surface area (Å²) in [4.78, 5) is 0. The first-order valence-corrected chi connectivity index (χ1v) is 8.66. The van der Waals surface area contributed by atoms with E-state index in [1.54, 1.807) is 22.9 Å². The van der Waals surface area contributed by atoms with Crippen molar-refractivity contribution in [2.75, 3.05) is 17.2 Å². The molecule has 3 rings (SSSR count). The van der Waals surface area contributed by atoms with Crippen molar-refractivity contribution in [2.24, 2.45) is 5.92 Å². The molecule has 1 aromatic heterocycles. The van der Waals surface area contributed by atoms with Crippen LogP contribution in [0, 0.1) is 5.92 Å². The number of aromatic nitrogens is 4. The third-order valence-electron chi connectivity index (χ3n) is 3.55. The predicted octanol–water partition coefficient (Wildman–Crippen LogP) is 1.01. The number of hydrogen-bond acceptors (Lipinski definition) is 6. The van der Waals surface area contributed by atoms with E-state index in [0.29, 0.717) is 29.5 Å². The molecule has 1 aliphatic rings. The Kier molecular flexibility index (Phi) is 3.58. The third-order valence-corrected chi connectivity index (χ3v) is 5.71. The van der Waals surface area contributed by atoms with Crippen LogP contribution in [0.3, 0.4) is 0 Å². The standard InChI is InChI=1S/C12H14ClN5O2S/c13-10-5-9(1-2-11(10)14)12-15-16-17-18(12)6-8-3-4-21(19,20)7-8/h1-2,5,8H,3-4,6-7,14H2. The van der Waals surface area contributed by atoms with Gasteiger partial charge in [0.2, 0.25) is 0 Å². The van der Waals surface area contributed by atoms with Crippen LogP contribution in [0.25, 0.3) is 11.4 Å². The minimum Gasteiger partial charge on any atom is -0.398 e. The molecule has 7 nitrogen and oxygen atoms in total. The second-order valence-corrected chi connectivity index (χ2v) is 7.83. The van der Waals surface area contributed by atoms with Crippen LogP contribution in [-0.2, 0) is 16.4 Å². The molecule has 1 aromatic carbocycles. The molecule has 9 heteroatoms. The van der Waals surface area contributed by atoms with E-state index < -0.39 is 9.84 Å². The number of hydrogen-bond donors (Lipinski definition) is 1. The van der Waals surface area contributed by atoms with Gasteiger partial charge >= 0.3 is 0 Å². The Morgan fingerprint density at radius 2 is 2.24 bits per heavy atom. The molecule has 0 radical (unpaired) electrons. The van der Waals surface area contributed by atoms with Gasteiger partial charge in [0.1, 0.15) is 0 Å². The summed E-state index contributed by atoms with van der Waals surface area (Å²) in [7, 11) is -2.91. The molecule has 1 fully saturated rings. The quantitative estimate of drug-likeness (QED) is 0.844. The number of sulfone groups is 1. The van der Waals surface area contributed by atoms with Gasteiger partial charge < -0.3 is 5.73 Å². The van der Waals surface area contributed by atoms with Gasteiger partial charge in [-0.2, -0.15) is 0 Å². The minimum atomic E-state index is -2.91. The molecule has 112 valence electrons. The SMILES string of the molecule is Nc1ccc(-c2nnnn2CC2CCS(=O)(=O)C2)cc1Cl. The molecule has 1 atom stereocenters. The van der Waals surface area contributed by atoms with E-state index in [-0.39, 0.29) is 17.4 Å². The van der Waals surface area contributed by atoms with Gasteiger partial charge in [0.15, 0.2) is 15.7 Å². The maximum Gasteiger partial charge on any atom is 0.182 e. The molecule has 0 bridgehead atoms. The zero-order valence-corrected chi connectivity index (χ0v) is 12.7. The van der Waals surface area contributed by atoms with Crippen LogP contribution < -0.4 is 5.73 Å². The molecule has 0 amide bonds. The molecule has 21 heavy (non-hydrogen) atoms. The Morgan fingerprint density at radius 1 is 1.43 bits per heavy atom. The van der Waals surface area contributed by atoms with Crippen molar-refractivity contribution >= 4 is 27.1 Å². The van der Waals surface area contributed by atoms with Crippen molar-refractivity contribution in [1.82, 2.24) is 20.2 Å². The molecule has 2 heterocycles. The van der Waals surface area contributed by atoms with Crippen LogP contribution in [0.5, 0.6) is 0 Å². The zero-order valence-electron chi connectivity index (χ0n) is 11.1. The Bertz CT molecular complexity index is 774. The zero-order chi connectivity index (χ0) is 15.0. The first kappa shape index (κ1) is 14.3. The molecular weight excluding hydrogens is 314 g/mol. The highest BCUT2D eigenvalue weighted by molar-refractivity contribution is 7.91. The number of anilines is 1. The monoisotopic (exact) mass is 327 g/mol. The fourth-order valence-corrected chi connectivity index (χ4v) is 4.49. The lowest BCUT2D eigenvalue weighted by molar-refractivity contribution is 0.452. The second-order valence-electron chi connectivity index (χ2n) is 5.19. The summed E-state index contributed by atoms with van der Waals surface area (Å²) in [6, 6.07) is 5.18. The summed E-state index contributed by atoms with van der Waals surface area (Å²) in [5.41, 5.74) is 6.92. The van der Waals surface area contributed by atoms with Crippen LogP contribution in [0.1, 0.15) is 6.42 Å². The summed E-state index contributed by atoms with van der Waals surface area (Å²) >= 11 is 6.01. The fourth-order valence-electron chi connectivity index (χ4n) is 2.46. The van der Waals surface area contributed by atoms with Gasteiger partial charge in [0, 0.05) is 12.1 Å². The third kappa shape index (κ3) is 3.01. The van der Waals surface area contributed by atoms with Gasteiger partial charge in [-0.15, -0.1) is 5.10 Å². The Morgan fingerprint density at radius 3 is 2.90 bits per heavy atom. The maximum atomic E-state index is 11.5. The number of nitrogens with two attached hydrogens (primary N) is 1. The normalized spacial score (nSPS) is 20.7. The van der Waals surface area contributed by atoms with E-state index in [2.05, 4.69) is 15.5 Å². The first-order chi connectivity index (χ1) is 9.94. The largest absolute Gasteiger partial charge is 0.398 e. The second kappa shape index (κ2) is 5.27. The molecule has 0 aliphatic carbocycles. The average Bonchev–Trinajstić information content (AvgIpc) is 3.00. The van der Waals surface area contributed by atoms with Gasteiger partial charge in [-0.3, -0.25) is 0 Å². The van der Waals surface area contributed by atoms with Gasteiger partial charge in [0.05, 0.1) is 22.2 Å². The molecule has 1 unspecified atom stereocenters. The molecule has 0 saturated carbocycles. The Balaban J connectivity index is 1.85. The number of nitrogen functional groups attached to an aromatic ring is 1. The number of benzene rings is 1. The predicted molar refractivity (Wildman–Crippen MR) is 79.4 cm³/mol. The summed E-state index contributed by atoms with van der Waals surface area (Å²) in [5, 5.41) is 12.0.